The minimum Gasteiger partial charge on any atom is -0.465 e. The third-order valence-electron chi connectivity index (χ3n) is 6.95. The third-order valence-corrected chi connectivity index (χ3v) is 6.95. The van der Waals surface area contributed by atoms with Crippen molar-refractivity contribution in [2.45, 2.75) is 43.3 Å². The second-order valence-electron chi connectivity index (χ2n) is 8.84. The number of piperazine rings is 1. The van der Waals surface area contributed by atoms with E-state index in [1.54, 1.807) is 4.90 Å². The van der Waals surface area contributed by atoms with Crippen molar-refractivity contribution in [2.75, 3.05) is 13.1 Å². The number of hydrogen-bond acceptors (Lipinski definition) is 3. The summed E-state index contributed by atoms with van der Waals surface area (Å²) in [6.07, 6.45) is -11.1. The quantitative estimate of drug-likeness (QED) is 0.587. The molecule has 2 saturated heterocycles. The van der Waals surface area contributed by atoms with Crippen LogP contribution in [0, 0.1) is 0 Å². The zero-order valence-electron chi connectivity index (χ0n) is 18.3. The van der Waals surface area contributed by atoms with E-state index >= 15 is 0 Å². The van der Waals surface area contributed by atoms with Gasteiger partial charge in [-0.1, -0.05) is 24.3 Å². The molecule has 0 radical (unpaired) electrons. The molecule has 2 aliphatic rings. The SMILES string of the molecule is CC(c1ccccc1C(F)(F)F)N1CC2(c3ccc(C(N)=O)cc3C(F)(F)F)CC1CN2C(=O)O. The van der Waals surface area contributed by atoms with Gasteiger partial charge in [-0.15, -0.1) is 0 Å². The van der Waals surface area contributed by atoms with Gasteiger partial charge < -0.3 is 10.8 Å². The van der Waals surface area contributed by atoms with Crippen molar-refractivity contribution in [3.05, 3.63) is 70.3 Å². The van der Waals surface area contributed by atoms with Crippen molar-refractivity contribution < 1.29 is 41.0 Å². The van der Waals surface area contributed by atoms with Crippen LogP contribution in [0.4, 0.5) is 31.1 Å². The average Bonchev–Trinajstić information content (AvgIpc) is 3.34. The Bertz CT molecular complexity index is 1180. The maximum Gasteiger partial charge on any atom is 0.416 e. The van der Waals surface area contributed by atoms with E-state index in [2.05, 4.69) is 0 Å². The number of rotatable bonds is 4. The highest BCUT2D eigenvalue weighted by atomic mass is 19.4. The molecule has 2 heterocycles. The highest BCUT2D eigenvalue weighted by Gasteiger charge is 2.60. The highest BCUT2D eigenvalue weighted by molar-refractivity contribution is 5.93. The van der Waals surface area contributed by atoms with Crippen LogP contribution in [0.5, 0.6) is 0 Å². The van der Waals surface area contributed by atoms with Crippen molar-refractivity contribution >= 4 is 12.0 Å². The molecule has 4 rings (SSSR count). The molecular weight excluding hydrogens is 480 g/mol. The van der Waals surface area contributed by atoms with Gasteiger partial charge in [0.05, 0.1) is 16.7 Å². The number of nitrogens with two attached hydrogens (primary N) is 1. The van der Waals surface area contributed by atoms with Crippen molar-refractivity contribution in [3.63, 3.8) is 0 Å². The smallest absolute Gasteiger partial charge is 0.416 e. The summed E-state index contributed by atoms with van der Waals surface area (Å²) in [7, 11) is 0. The summed E-state index contributed by atoms with van der Waals surface area (Å²) in [6, 6.07) is 6.20. The van der Waals surface area contributed by atoms with Crippen LogP contribution in [0.2, 0.25) is 0 Å². The van der Waals surface area contributed by atoms with Gasteiger partial charge in [0.2, 0.25) is 5.91 Å². The molecule has 2 aromatic carbocycles. The number of primary amides is 1. The number of carbonyl (C=O) groups is 2. The van der Waals surface area contributed by atoms with Gasteiger partial charge in [-0.05, 0) is 42.7 Å². The van der Waals surface area contributed by atoms with Crippen LogP contribution < -0.4 is 5.73 Å². The first-order valence-corrected chi connectivity index (χ1v) is 10.6. The zero-order valence-corrected chi connectivity index (χ0v) is 18.3. The lowest BCUT2D eigenvalue weighted by Crippen LogP contribution is -2.55. The molecule has 3 unspecified atom stereocenters. The minimum absolute atomic E-state index is 0.0448. The van der Waals surface area contributed by atoms with Gasteiger partial charge in [-0.3, -0.25) is 14.6 Å². The molecule has 6 nitrogen and oxygen atoms in total. The van der Waals surface area contributed by atoms with Crippen LogP contribution in [0.25, 0.3) is 0 Å². The van der Waals surface area contributed by atoms with Gasteiger partial charge in [0.15, 0.2) is 0 Å². The Labute approximate surface area is 195 Å². The Morgan fingerprint density at radius 1 is 1.06 bits per heavy atom. The van der Waals surface area contributed by atoms with E-state index in [1.165, 1.54) is 25.1 Å². The summed E-state index contributed by atoms with van der Waals surface area (Å²) < 4.78 is 83.0. The Hall–Kier alpha value is -3.28. The summed E-state index contributed by atoms with van der Waals surface area (Å²) >= 11 is 0. The summed E-state index contributed by atoms with van der Waals surface area (Å²) in [5.74, 6) is -1.08. The zero-order chi connectivity index (χ0) is 25.9. The molecule has 0 aromatic heterocycles. The average molecular weight is 501 g/mol. The number of alkyl halides is 6. The molecule has 188 valence electrons. The van der Waals surface area contributed by atoms with E-state index in [4.69, 9.17) is 5.73 Å². The predicted molar refractivity (Wildman–Crippen MR) is 111 cm³/mol. The fourth-order valence-electron chi connectivity index (χ4n) is 5.44. The molecule has 2 fully saturated rings. The molecule has 3 N–H and O–H groups in total. The minimum atomic E-state index is -4.93. The van der Waals surface area contributed by atoms with E-state index in [9.17, 15) is 41.0 Å². The number of hydrogen-bond donors (Lipinski definition) is 2. The van der Waals surface area contributed by atoms with Gasteiger partial charge in [0.1, 0.15) is 0 Å². The van der Waals surface area contributed by atoms with Crippen LogP contribution in [-0.4, -0.2) is 46.0 Å². The fraction of sp³-hybridized carbons (Fsp3) is 0.391. The van der Waals surface area contributed by atoms with Crippen molar-refractivity contribution in [1.29, 1.82) is 0 Å². The third kappa shape index (κ3) is 4.09. The monoisotopic (exact) mass is 501 g/mol. The molecule has 2 aromatic rings. The molecule has 0 spiro atoms. The maximum absolute atomic E-state index is 14.0. The summed E-state index contributed by atoms with van der Waals surface area (Å²) in [5.41, 5.74) is 0.607. The van der Waals surface area contributed by atoms with Crippen molar-refractivity contribution in [1.82, 2.24) is 9.80 Å². The number of likely N-dealkylation sites (tertiary alicyclic amines) is 2. The van der Waals surface area contributed by atoms with E-state index in [0.29, 0.717) is 6.07 Å². The Morgan fingerprint density at radius 3 is 2.26 bits per heavy atom. The standard InChI is InChI=1S/C23H21F6N3O3/c1-12(15-4-2-3-5-16(15)22(24,25)26)31-11-21(9-14(31)10-32(21)20(34)35)17-7-6-13(19(30)33)8-18(17)23(27,28)29/h2-8,12,14H,9-11H2,1H3,(H2,30,33)(H,34,35). The van der Waals surface area contributed by atoms with Crippen LogP contribution >= 0.6 is 0 Å². The van der Waals surface area contributed by atoms with E-state index in [-0.39, 0.29) is 30.6 Å². The van der Waals surface area contributed by atoms with Gasteiger partial charge in [0, 0.05) is 30.7 Å². The lowest BCUT2D eigenvalue weighted by Gasteiger charge is -2.44. The molecule has 12 heteroatoms. The topological polar surface area (TPSA) is 86.9 Å². The lowest BCUT2D eigenvalue weighted by molar-refractivity contribution is -0.140. The summed E-state index contributed by atoms with van der Waals surface area (Å²) in [4.78, 5) is 26.1. The Morgan fingerprint density at radius 2 is 1.69 bits per heavy atom. The molecular formula is C23H21F6N3O3. The highest BCUT2D eigenvalue weighted by Crippen LogP contribution is 2.53. The Kier molecular flexibility index (Phi) is 5.78. The number of benzene rings is 2. The van der Waals surface area contributed by atoms with E-state index in [1.807, 2.05) is 0 Å². The lowest BCUT2D eigenvalue weighted by atomic mass is 9.84. The number of fused-ring (bicyclic) bond motifs is 2. The van der Waals surface area contributed by atoms with E-state index in [0.717, 1.165) is 23.1 Å². The molecule has 2 aliphatic heterocycles. The van der Waals surface area contributed by atoms with Crippen LogP contribution in [-0.2, 0) is 17.9 Å². The number of amides is 2. The van der Waals surface area contributed by atoms with Gasteiger partial charge in [-0.2, -0.15) is 26.3 Å². The molecule has 35 heavy (non-hydrogen) atoms. The molecule has 3 atom stereocenters. The largest absolute Gasteiger partial charge is 0.465 e. The van der Waals surface area contributed by atoms with E-state index < -0.39 is 58.7 Å². The number of nitrogens with zero attached hydrogens (tertiary/aromatic N) is 2. The first-order valence-electron chi connectivity index (χ1n) is 10.6. The first kappa shape index (κ1) is 24.8. The normalized spacial score (nSPS) is 23.5. The second kappa shape index (κ2) is 8.14. The summed E-state index contributed by atoms with van der Waals surface area (Å²) in [5, 5.41) is 9.79. The van der Waals surface area contributed by atoms with Crippen LogP contribution in [0.1, 0.15) is 52.0 Å². The number of carbonyl (C=O) groups excluding carboxylic acids is 1. The van der Waals surface area contributed by atoms with Gasteiger partial charge >= 0.3 is 18.4 Å². The second-order valence-corrected chi connectivity index (χ2v) is 8.84. The number of carboxylic acid groups (broad SMARTS) is 1. The number of halogens is 6. The fourth-order valence-corrected chi connectivity index (χ4v) is 5.44. The maximum atomic E-state index is 14.0. The van der Waals surface area contributed by atoms with Crippen molar-refractivity contribution in [3.8, 4) is 0 Å². The van der Waals surface area contributed by atoms with Crippen LogP contribution in [0.15, 0.2) is 42.5 Å². The molecule has 2 amide bonds. The molecule has 0 aliphatic carbocycles. The molecule has 2 bridgehead atoms. The first-order chi connectivity index (χ1) is 16.2. The van der Waals surface area contributed by atoms with Gasteiger partial charge in [0.25, 0.3) is 0 Å². The van der Waals surface area contributed by atoms with Crippen molar-refractivity contribution in [2.24, 2.45) is 5.73 Å². The molecule has 0 saturated carbocycles. The van der Waals surface area contributed by atoms with Gasteiger partial charge in [-0.25, -0.2) is 4.79 Å². The summed E-state index contributed by atoms with van der Waals surface area (Å²) in [6.45, 7) is 1.09. The predicted octanol–water partition coefficient (Wildman–Crippen LogP) is 4.85. The van der Waals surface area contributed by atoms with Crippen LogP contribution in [0.3, 0.4) is 0 Å². The Balaban J connectivity index is 1.82.